The van der Waals surface area contributed by atoms with Crippen LogP contribution in [0.2, 0.25) is 5.02 Å². The lowest BCUT2D eigenvalue weighted by Crippen LogP contribution is -2.07. The number of benzene rings is 3. The quantitative estimate of drug-likeness (QED) is 0.231. The molecule has 0 aliphatic heterocycles. The molecular formula is C26H19Cl3F4N2. The maximum absolute atomic E-state index is 14.9. The second-order valence-corrected chi connectivity index (χ2v) is 10.2. The number of anilines is 2. The Balaban J connectivity index is 1.55. The molecule has 0 saturated heterocycles. The minimum Gasteiger partial charge on any atom is -0.359 e. The fourth-order valence-corrected chi connectivity index (χ4v) is 5.11. The Morgan fingerprint density at radius 3 is 2.29 bits per heavy atom. The molecule has 2 unspecified atom stereocenters. The number of aryl methyl sites for hydroxylation is 1. The maximum Gasteiger partial charge on any atom is 0.149 e. The van der Waals surface area contributed by atoms with Crippen molar-refractivity contribution in [3.8, 4) is 0 Å². The molecule has 2 nitrogen and oxygen atoms in total. The lowest BCUT2D eigenvalue weighted by Gasteiger charge is -2.16. The van der Waals surface area contributed by atoms with E-state index in [-0.39, 0.29) is 27.9 Å². The lowest BCUT2D eigenvalue weighted by molar-refractivity contribution is 0.586. The summed E-state index contributed by atoms with van der Waals surface area (Å²) >= 11 is 18.9. The molecule has 4 rings (SSSR count). The summed E-state index contributed by atoms with van der Waals surface area (Å²) in [4.78, 5) is 0. The van der Waals surface area contributed by atoms with Crippen molar-refractivity contribution in [2.45, 2.75) is 17.2 Å². The highest BCUT2D eigenvalue weighted by Crippen LogP contribution is 2.67. The molecule has 1 aliphatic rings. The Bertz CT molecular complexity index is 1360. The first-order valence-corrected chi connectivity index (χ1v) is 11.5. The highest BCUT2D eigenvalue weighted by molar-refractivity contribution is 6.52. The zero-order valence-corrected chi connectivity index (χ0v) is 20.6. The SMILES string of the molecule is C=C(Nc1ccc(F)cc1F)c1cc(NC(=C)C2C(c3ccc(F)c(Cl)c3)C2(Cl)Cl)cc(C)c1F. The van der Waals surface area contributed by atoms with Crippen molar-refractivity contribution in [1.29, 1.82) is 0 Å². The molecule has 1 aliphatic carbocycles. The molecule has 0 aromatic heterocycles. The van der Waals surface area contributed by atoms with Crippen molar-refractivity contribution in [3.05, 3.63) is 112 Å². The van der Waals surface area contributed by atoms with Gasteiger partial charge in [-0.25, -0.2) is 17.6 Å². The van der Waals surface area contributed by atoms with Gasteiger partial charge in [-0.2, -0.15) is 0 Å². The van der Waals surface area contributed by atoms with Crippen LogP contribution in [0.15, 0.2) is 67.4 Å². The Hall–Kier alpha value is -2.67. The third kappa shape index (κ3) is 5.01. The Kier molecular flexibility index (Phi) is 6.84. The van der Waals surface area contributed by atoms with E-state index in [9.17, 15) is 17.6 Å². The zero-order valence-electron chi connectivity index (χ0n) is 18.3. The average Bonchev–Trinajstić information content (AvgIpc) is 3.36. The molecule has 3 aromatic carbocycles. The predicted molar refractivity (Wildman–Crippen MR) is 135 cm³/mol. The number of nitrogens with one attached hydrogen (secondary N) is 2. The molecule has 0 radical (unpaired) electrons. The van der Waals surface area contributed by atoms with Gasteiger partial charge in [-0.1, -0.05) is 30.8 Å². The van der Waals surface area contributed by atoms with Crippen molar-refractivity contribution in [1.82, 2.24) is 0 Å². The summed E-state index contributed by atoms with van der Waals surface area (Å²) in [5.74, 6) is -3.51. The van der Waals surface area contributed by atoms with Crippen LogP contribution in [0.5, 0.6) is 0 Å². The molecule has 0 amide bonds. The van der Waals surface area contributed by atoms with Gasteiger partial charge in [0.1, 0.15) is 27.6 Å². The van der Waals surface area contributed by atoms with E-state index in [0.29, 0.717) is 28.6 Å². The van der Waals surface area contributed by atoms with E-state index in [1.807, 2.05) is 0 Å². The smallest absolute Gasteiger partial charge is 0.149 e. The van der Waals surface area contributed by atoms with Gasteiger partial charge in [-0.05, 0) is 54.4 Å². The van der Waals surface area contributed by atoms with Crippen LogP contribution in [0.4, 0.5) is 28.9 Å². The number of hydrogen-bond donors (Lipinski definition) is 2. The van der Waals surface area contributed by atoms with Crippen LogP contribution in [0.1, 0.15) is 22.6 Å². The third-order valence-corrected chi connectivity index (χ3v) is 7.06. The summed E-state index contributed by atoms with van der Waals surface area (Å²) in [5.41, 5.74) is 1.97. The molecule has 9 heteroatoms. The van der Waals surface area contributed by atoms with Crippen LogP contribution in [0.25, 0.3) is 5.70 Å². The van der Waals surface area contributed by atoms with E-state index in [4.69, 9.17) is 34.8 Å². The minimum absolute atomic E-state index is 0.0433. The zero-order chi connectivity index (χ0) is 25.7. The molecule has 35 heavy (non-hydrogen) atoms. The van der Waals surface area contributed by atoms with E-state index in [1.165, 1.54) is 24.3 Å². The fraction of sp³-hybridized carbons (Fsp3) is 0.154. The van der Waals surface area contributed by atoms with Crippen LogP contribution in [0, 0.1) is 36.1 Å². The molecular weight excluding hydrogens is 523 g/mol. The van der Waals surface area contributed by atoms with E-state index in [0.717, 1.165) is 6.07 Å². The summed E-state index contributed by atoms with van der Waals surface area (Å²) in [6.07, 6.45) is 0. The first-order chi connectivity index (χ1) is 16.4. The average molecular weight is 542 g/mol. The number of halogens is 7. The van der Waals surface area contributed by atoms with Crippen molar-refractivity contribution >= 4 is 51.9 Å². The lowest BCUT2D eigenvalue weighted by atomic mass is 10.1. The summed E-state index contributed by atoms with van der Waals surface area (Å²) < 4.78 is 54.5. The Morgan fingerprint density at radius 1 is 0.914 bits per heavy atom. The molecule has 1 saturated carbocycles. The van der Waals surface area contributed by atoms with Gasteiger partial charge in [0.15, 0.2) is 0 Å². The number of alkyl halides is 2. The van der Waals surface area contributed by atoms with Crippen molar-refractivity contribution in [3.63, 3.8) is 0 Å². The minimum atomic E-state index is -1.20. The van der Waals surface area contributed by atoms with Crippen molar-refractivity contribution in [2.24, 2.45) is 5.92 Å². The van der Waals surface area contributed by atoms with Crippen molar-refractivity contribution in [2.75, 3.05) is 10.6 Å². The van der Waals surface area contributed by atoms with E-state index >= 15 is 0 Å². The molecule has 0 spiro atoms. The summed E-state index contributed by atoms with van der Waals surface area (Å²) in [6.45, 7) is 9.39. The molecule has 0 bridgehead atoms. The van der Waals surface area contributed by atoms with Crippen LogP contribution >= 0.6 is 34.8 Å². The molecule has 0 heterocycles. The standard InChI is InChI=1S/C26H19Cl3F4N2/c1-12-8-17(11-18(25(12)33)13(2)35-22-7-5-16(30)10-21(22)32)34-14(3)23-24(26(23,28)29)15-4-6-20(31)19(27)9-15/h4-11,23-24,34-35H,2-3H2,1H3. The van der Waals surface area contributed by atoms with E-state index in [1.54, 1.807) is 19.1 Å². The molecule has 2 atom stereocenters. The monoisotopic (exact) mass is 540 g/mol. The first-order valence-electron chi connectivity index (χ1n) is 10.4. The Labute approximate surface area is 215 Å². The van der Waals surface area contributed by atoms with Gasteiger partial charge < -0.3 is 10.6 Å². The summed E-state index contributed by atoms with van der Waals surface area (Å²) in [7, 11) is 0. The number of hydrogen-bond acceptors (Lipinski definition) is 2. The van der Waals surface area contributed by atoms with Gasteiger partial charge in [-0.15, -0.1) is 23.2 Å². The van der Waals surface area contributed by atoms with E-state index < -0.39 is 33.5 Å². The van der Waals surface area contributed by atoms with Crippen LogP contribution < -0.4 is 10.6 Å². The van der Waals surface area contributed by atoms with Crippen molar-refractivity contribution < 1.29 is 17.6 Å². The molecule has 2 N–H and O–H groups in total. The van der Waals surface area contributed by atoms with E-state index in [2.05, 4.69) is 23.8 Å². The topological polar surface area (TPSA) is 24.1 Å². The number of rotatable bonds is 7. The van der Waals surface area contributed by atoms with Gasteiger partial charge in [0.05, 0.1) is 10.7 Å². The van der Waals surface area contributed by atoms with Gasteiger partial charge in [-0.3, -0.25) is 0 Å². The fourth-order valence-electron chi connectivity index (χ4n) is 4.03. The normalized spacial score (nSPS) is 18.2. The third-order valence-electron chi connectivity index (χ3n) is 5.83. The Morgan fingerprint density at radius 2 is 1.63 bits per heavy atom. The summed E-state index contributed by atoms with van der Waals surface area (Å²) in [6, 6.07) is 10.3. The van der Waals surface area contributed by atoms with Gasteiger partial charge >= 0.3 is 0 Å². The largest absolute Gasteiger partial charge is 0.359 e. The highest BCUT2D eigenvalue weighted by Gasteiger charge is 2.65. The molecule has 182 valence electrons. The van der Waals surface area contributed by atoms with Gasteiger partial charge in [0.2, 0.25) is 0 Å². The molecule has 3 aromatic rings. The van der Waals surface area contributed by atoms with Crippen LogP contribution in [-0.4, -0.2) is 4.33 Å². The second-order valence-electron chi connectivity index (χ2n) is 8.34. The predicted octanol–water partition coefficient (Wildman–Crippen LogP) is 8.80. The number of allylic oxidation sites excluding steroid dienone is 1. The summed E-state index contributed by atoms with van der Waals surface area (Å²) in [5, 5.41) is 5.74. The van der Waals surface area contributed by atoms with Crippen LogP contribution in [0.3, 0.4) is 0 Å². The second kappa shape index (κ2) is 9.41. The van der Waals surface area contributed by atoms with Crippen LogP contribution in [-0.2, 0) is 0 Å². The first kappa shape index (κ1) is 25.4. The van der Waals surface area contributed by atoms with Gasteiger partial charge in [0.25, 0.3) is 0 Å². The highest BCUT2D eigenvalue weighted by atomic mass is 35.5. The maximum atomic E-state index is 14.9. The van der Waals surface area contributed by atoms with Gasteiger partial charge in [0, 0.05) is 40.5 Å². The molecule has 1 fully saturated rings.